The van der Waals surface area contributed by atoms with E-state index in [1.807, 2.05) is 10.9 Å². The lowest BCUT2D eigenvalue weighted by Crippen LogP contribution is -2.37. The zero-order chi connectivity index (χ0) is 11.0. The Balaban J connectivity index is 1.86. The van der Waals surface area contributed by atoms with Crippen LogP contribution >= 0.6 is 0 Å². The van der Waals surface area contributed by atoms with Crippen molar-refractivity contribution in [3.8, 4) is 0 Å². The SMILES string of the molecule is CCn1cc(C2CCN=C3NCCN32)cn1. The summed E-state index contributed by atoms with van der Waals surface area (Å²) < 4.78 is 1.99. The quantitative estimate of drug-likeness (QED) is 0.792. The molecule has 1 aromatic rings. The standard InChI is InChI=1S/C11H17N5/c1-2-15-8-9(7-14-15)10-3-4-12-11-13-5-6-16(10)11/h7-8,10H,2-6H2,1H3,(H,12,13). The third kappa shape index (κ3) is 1.47. The van der Waals surface area contributed by atoms with Gasteiger partial charge in [0.2, 0.25) is 0 Å². The summed E-state index contributed by atoms with van der Waals surface area (Å²) >= 11 is 0. The second-order valence-electron chi connectivity index (χ2n) is 4.26. The Bertz CT molecular complexity index is 408. The van der Waals surface area contributed by atoms with E-state index in [1.165, 1.54) is 5.56 Å². The maximum absolute atomic E-state index is 4.50. The number of nitrogens with one attached hydrogen (secondary N) is 1. The molecule has 0 aliphatic carbocycles. The minimum Gasteiger partial charge on any atom is -0.354 e. The van der Waals surface area contributed by atoms with Crippen molar-refractivity contribution in [3.05, 3.63) is 18.0 Å². The number of fused-ring (bicyclic) bond motifs is 1. The van der Waals surface area contributed by atoms with Crippen LogP contribution in [0.2, 0.25) is 0 Å². The van der Waals surface area contributed by atoms with Crippen molar-refractivity contribution in [1.29, 1.82) is 0 Å². The van der Waals surface area contributed by atoms with Gasteiger partial charge in [0, 0.05) is 37.9 Å². The summed E-state index contributed by atoms with van der Waals surface area (Å²) in [5.74, 6) is 1.07. The van der Waals surface area contributed by atoms with E-state index in [4.69, 9.17) is 0 Å². The van der Waals surface area contributed by atoms with Crippen molar-refractivity contribution >= 4 is 5.96 Å². The molecule has 0 spiro atoms. The molecule has 2 aliphatic rings. The molecule has 0 bridgehead atoms. The van der Waals surface area contributed by atoms with Crippen LogP contribution in [0.3, 0.4) is 0 Å². The normalized spacial score (nSPS) is 23.9. The minimum atomic E-state index is 0.461. The number of rotatable bonds is 2. The van der Waals surface area contributed by atoms with E-state index in [1.54, 1.807) is 0 Å². The van der Waals surface area contributed by atoms with Crippen LogP contribution in [0.4, 0.5) is 0 Å². The highest BCUT2D eigenvalue weighted by Crippen LogP contribution is 2.28. The molecule has 5 nitrogen and oxygen atoms in total. The summed E-state index contributed by atoms with van der Waals surface area (Å²) in [5.41, 5.74) is 1.32. The van der Waals surface area contributed by atoms with Crippen LogP contribution in [0, 0.1) is 0 Å². The molecule has 5 heteroatoms. The smallest absolute Gasteiger partial charge is 0.194 e. The van der Waals surface area contributed by atoms with E-state index in [-0.39, 0.29) is 0 Å². The fourth-order valence-electron chi connectivity index (χ4n) is 2.47. The molecule has 1 aromatic heterocycles. The number of aliphatic imine (C=N–C) groups is 1. The van der Waals surface area contributed by atoms with Crippen molar-refractivity contribution in [3.63, 3.8) is 0 Å². The summed E-state index contributed by atoms with van der Waals surface area (Å²) in [7, 11) is 0. The number of hydrogen-bond donors (Lipinski definition) is 1. The summed E-state index contributed by atoms with van der Waals surface area (Å²) in [4.78, 5) is 6.86. The molecule has 1 saturated heterocycles. The van der Waals surface area contributed by atoms with Gasteiger partial charge in [-0.2, -0.15) is 5.10 Å². The lowest BCUT2D eigenvalue weighted by atomic mass is 10.1. The van der Waals surface area contributed by atoms with E-state index in [0.29, 0.717) is 6.04 Å². The third-order valence-electron chi connectivity index (χ3n) is 3.31. The number of nitrogens with zero attached hydrogens (tertiary/aromatic N) is 4. The largest absolute Gasteiger partial charge is 0.354 e. The first-order chi connectivity index (χ1) is 7.88. The minimum absolute atomic E-state index is 0.461. The predicted octanol–water partition coefficient (Wildman–Crippen LogP) is 0.609. The molecule has 0 radical (unpaired) electrons. The second kappa shape index (κ2) is 3.81. The Labute approximate surface area is 95.2 Å². The van der Waals surface area contributed by atoms with Crippen molar-refractivity contribution in [2.45, 2.75) is 25.9 Å². The predicted molar refractivity (Wildman–Crippen MR) is 62.3 cm³/mol. The van der Waals surface area contributed by atoms with Gasteiger partial charge in [-0.25, -0.2) is 0 Å². The Morgan fingerprint density at radius 1 is 1.56 bits per heavy atom. The number of guanidine groups is 1. The first kappa shape index (κ1) is 9.69. The molecule has 2 aliphatic heterocycles. The van der Waals surface area contributed by atoms with Crippen LogP contribution in [0.15, 0.2) is 17.4 Å². The number of hydrogen-bond acceptors (Lipinski definition) is 4. The van der Waals surface area contributed by atoms with Crippen molar-refractivity contribution < 1.29 is 0 Å². The fraction of sp³-hybridized carbons (Fsp3) is 0.636. The van der Waals surface area contributed by atoms with Crippen LogP contribution < -0.4 is 5.32 Å². The zero-order valence-corrected chi connectivity index (χ0v) is 9.56. The molecule has 1 N–H and O–H groups in total. The molecule has 3 rings (SSSR count). The molecule has 1 unspecified atom stereocenters. The van der Waals surface area contributed by atoms with E-state index >= 15 is 0 Å². The van der Waals surface area contributed by atoms with Crippen molar-refractivity contribution in [2.24, 2.45) is 4.99 Å². The molecule has 3 heterocycles. The highest BCUT2D eigenvalue weighted by atomic mass is 15.4. The van der Waals surface area contributed by atoms with E-state index in [9.17, 15) is 0 Å². The highest BCUT2D eigenvalue weighted by Gasteiger charge is 2.30. The van der Waals surface area contributed by atoms with Crippen LogP contribution in [-0.4, -0.2) is 40.3 Å². The molecule has 0 amide bonds. The Hall–Kier alpha value is -1.52. The Kier molecular flexibility index (Phi) is 2.31. The molecule has 86 valence electrons. The zero-order valence-electron chi connectivity index (χ0n) is 9.56. The molecular weight excluding hydrogens is 202 g/mol. The van der Waals surface area contributed by atoms with Crippen LogP contribution in [-0.2, 0) is 6.54 Å². The molecule has 1 fully saturated rings. The molecular formula is C11H17N5. The van der Waals surface area contributed by atoms with E-state index < -0.39 is 0 Å². The highest BCUT2D eigenvalue weighted by molar-refractivity contribution is 5.82. The topological polar surface area (TPSA) is 45.5 Å². The van der Waals surface area contributed by atoms with E-state index in [0.717, 1.165) is 38.6 Å². The average Bonchev–Trinajstić information content (AvgIpc) is 2.97. The van der Waals surface area contributed by atoms with Gasteiger partial charge in [-0.05, 0) is 13.3 Å². The maximum Gasteiger partial charge on any atom is 0.194 e. The van der Waals surface area contributed by atoms with E-state index in [2.05, 4.69) is 33.4 Å². The van der Waals surface area contributed by atoms with Gasteiger partial charge < -0.3 is 10.2 Å². The molecule has 1 atom stereocenters. The number of aryl methyl sites for hydroxylation is 1. The molecule has 16 heavy (non-hydrogen) atoms. The summed E-state index contributed by atoms with van der Waals surface area (Å²) in [6.45, 7) is 6.03. The maximum atomic E-state index is 4.50. The van der Waals surface area contributed by atoms with Crippen LogP contribution in [0.25, 0.3) is 0 Å². The van der Waals surface area contributed by atoms with Gasteiger partial charge in [0.25, 0.3) is 0 Å². The van der Waals surface area contributed by atoms with Gasteiger partial charge in [0.05, 0.1) is 12.2 Å². The first-order valence-electron chi connectivity index (χ1n) is 5.96. The second-order valence-corrected chi connectivity index (χ2v) is 4.26. The van der Waals surface area contributed by atoms with Gasteiger partial charge >= 0.3 is 0 Å². The van der Waals surface area contributed by atoms with Gasteiger partial charge in [-0.15, -0.1) is 0 Å². The Morgan fingerprint density at radius 3 is 3.31 bits per heavy atom. The van der Waals surface area contributed by atoms with Crippen LogP contribution in [0.1, 0.15) is 24.9 Å². The number of aromatic nitrogens is 2. The summed E-state index contributed by atoms with van der Waals surface area (Å²) in [6, 6.07) is 0.461. The van der Waals surface area contributed by atoms with Crippen molar-refractivity contribution in [1.82, 2.24) is 20.0 Å². The lowest BCUT2D eigenvalue weighted by molar-refractivity contribution is 0.314. The van der Waals surface area contributed by atoms with Gasteiger partial charge in [-0.3, -0.25) is 9.67 Å². The average molecular weight is 219 g/mol. The summed E-state index contributed by atoms with van der Waals surface area (Å²) in [5, 5.41) is 7.68. The Morgan fingerprint density at radius 2 is 2.50 bits per heavy atom. The van der Waals surface area contributed by atoms with Crippen LogP contribution in [0.5, 0.6) is 0 Å². The first-order valence-corrected chi connectivity index (χ1v) is 5.96. The lowest BCUT2D eigenvalue weighted by Gasteiger charge is -2.31. The van der Waals surface area contributed by atoms with Gasteiger partial charge in [-0.1, -0.05) is 0 Å². The molecule has 0 aromatic carbocycles. The van der Waals surface area contributed by atoms with Gasteiger partial charge in [0.1, 0.15) is 0 Å². The van der Waals surface area contributed by atoms with Gasteiger partial charge in [0.15, 0.2) is 5.96 Å². The monoisotopic (exact) mass is 219 g/mol. The summed E-state index contributed by atoms with van der Waals surface area (Å²) in [6.07, 6.45) is 5.25. The molecule has 0 saturated carbocycles. The fourth-order valence-corrected chi connectivity index (χ4v) is 2.47. The van der Waals surface area contributed by atoms with Crippen molar-refractivity contribution in [2.75, 3.05) is 19.6 Å². The third-order valence-corrected chi connectivity index (χ3v) is 3.31.